The first-order valence-corrected chi connectivity index (χ1v) is 7.53. The lowest BCUT2D eigenvalue weighted by atomic mass is 10.1. The van der Waals surface area contributed by atoms with Gasteiger partial charge in [0.15, 0.2) is 0 Å². The average Bonchev–Trinajstić information content (AvgIpc) is 2.90. The van der Waals surface area contributed by atoms with Gasteiger partial charge in [-0.3, -0.25) is 4.98 Å². The van der Waals surface area contributed by atoms with Crippen LogP contribution < -0.4 is 10.1 Å². The molecule has 0 saturated carbocycles. The van der Waals surface area contributed by atoms with Crippen LogP contribution >= 0.6 is 0 Å². The van der Waals surface area contributed by atoms with Crippen LogP contribution in [0.1, 0.15) is 31.7 Å². The molecule has 1 unspecified atom stereocenters. The van der Waals surface area contributed by atoms with Gasteiger partial charge in [0.1, 0.15) is 5.75 Å². The molecule has 1 aromatic heterocycles. The van der Waals surface area contributed by atoms with Crippen LogP contribution in [0.4, 0.5) is 0 Å². The Bertz CT molecular complexity index is 415. The zero-order chi connectivity index (χ0) is 14.4. The molecule has 0 amide bonds. The molecule has 1 fully saturated rings. The molecule has 20 heavy (non-hydrogen) atoms. The first-order valence-electron chi connectivity index (χ1n) is 7.53. The van der Waals surface area contributed by atoms with Gasteiger partial charge >= 0.3 is 0 Å². The number of ether oxygens (including phenoxy) is 2. The predicted molar refractivity (Wildman–Crippen MR) is 79.9 cm³/mol. The van der Waals surface area contributed by atoms with Crippen molar-refractivity contribution in [1.29, 1.82) is 0 Å². The van der Waals surface area contributed by atoms with Crippen LogP contribution in [-0.4, -0.2) is 31.3 Å². The highest BCUT2D eigenvalue weighted by Crippen LogP contribution is 2.20. The van der Waals surface area contributed by atoms with Gasteiger partial charge < -0.3 is 14.8 Å². The van der Waals surface area contributed by atoms with Crippen molar-refractivity contribution in [2.45, 2.75) is 33.7 Å². The summed E-state index contributed by atoms with van der Waals surface area (Å²) in [6.45, 7) is 10.6. The highest BCUT2D eigenvalue weighted by atomic mass is 16.5. The van der Waals surface area contributed by atoms with Crippen LogP contribution in [0.15, 0.2) is 12.1 Å². The third-order valence-electron chi connectivity index (χ3n) is 3.42. The molecule has 2 rings (SSSR count). The monoisotopic (exact) mass is 278 g/mol. The van der Waals surface area contributed by atoms with Gasteiger partial charge in [0, 0.05) is 24.8 Å². The van der Waals surface area contributed by atoms with Crippen LogP contribution in [0.5, 0.6) is 5.75 Å². The summed E-state index contributed by atoms with van der Waals surface area (Å²) in [6.07, 6.45) is 1.10. The molecule has 0 bridgehead atoms. The lowest BCUT2D eigenvalue weighted by molar-refractivity contribution is 0.166. The van der Waals surface area contributed by atoms with Gasteiger partial charge in [-0.25, -0.2) is 0 Å². The fraction of sp³-hybridized carbons (Fsp3) is 0.688. The predicted octanol–water partition coefficient (Wildman–Crippen LogP) is 2.55. The second-order valence-corrected chi connectivity index (χ2v) is 5.96. The number of hydrogen-bond acceptors (Lipinski definition) is 4. The van der Waals surface area contributed by atoms with E-state index in [2.05, 4.69) is 24.1 Å². The molecule has 1 aliphatic rings. The number of pyridine rings is 1. The summed E-state index contributed by atoms with van der Waals surface area (Å²) in [4.78, 5) is 4.60. The van der Waals surface area contributed by atoms with E-state index in [1.54, 1.807) is 0 Å². The topological polar surface area (TPSA) is 43.4 Å². The first-order chi connectivity index (χ1) is 9.65. The van der Waals surface area contributed by atoms with Crippen LogP contribution in [0, 0.1) is 18.8 Å². The molecule has 0 aliphatic carbocycles. The molecule has 1 N–H and O–H groups in total. The number of aryl methyl sites for hydroxylation is 1. The van der Waals surface area contributed by atoms with Crippen LogP contribution in [0.3, 0.4) is 0 Å². The van der Waals surface area contributed by atoms with Crippen LogP contribution in [0.25, 0.3) is 0 Å². The van der Waals surface area contributed by atoms with E-state index in [-0.39, 0.29) is 0 Å². The van der Waals surface area contributed by atoms with E-state index in [0.717, 1.165) is 56.5 Å². The maximum atomic E-state index is 5.95. The molecule has 1 aliphatic heterocycles. The van der Waals surface area contributed by atoms with Gasteiger partial charge in [0.2, 0.25) is 0 Å². The van der Waals surface area contributed by atoms with Crippen LogP contribution in [-0.2, 0) is 11.3 Å². The molecule has 0 spiro atoms. The Labute approximate surface area is 121 Å². The lowest BCUT2D eigenvalue weighted by Crippen LogP contribution is -2.21. The highest BCUT2D eigenvalue weighted by molar-refractivity contribution is 5.29. The molecule has 4 nitrogen and oxygen atoms in total. The third-order valence-corrected chi connectivity index (χ3v) is 3.42. The Balaban J connectivity index is 1.91. The normalized spacial score (nSPS) is 18.7. The van der Waals surface area contributed by atoms with Crippen LogP contribution in [0.2, 0.25) is 0 Å². The standard InChI is InChI=1S/C16H26N2O2/c1-12(2)8-17-9-15-16(5-4-13(3)18-15)20-11-14-6-7-19-10-14/h4-5,12,14,17H,6-11H2,1-3H3. The second kappa shape index (κ2) is 7.60. The largest absolute Gasteiger partial charge is 0.491 e. The maximum Gasteiger partial charge on any atom is 0.142 e. The summed E-state index contributed by atoms with van der Waals surface area (Å²) in [6, 6.07) is 4.04. The van der Waals surface area contributed by atoms with Crippen molar-refractivity contribution in [3.8, 4) is 5.75 Å². The molecule has 2 heterocycles. The molecule has 1 aromatic rings. The Kier molecular flexibility index (Phi) is 5.80. The van der Waals surface area contributed by atoms with E-state index in [0.29, 0.717) is 11.8 Å². The molecule has 0 aromatic carbocycles. The van der Waals surface area contributed by atoms with E-state index < -0.39 is 0 Å². The summed E-state index contributed by atoms with van der Waals surface area (Å²) < 4.78 is 11.3. The molecular weight excluding hydrogens is 252 g/mol. The summed E-state index contributed by atoms with van der Waals surface area (Å²) in [5, 5.41) is 3.43. The van der Waals surface area contributed by atoms with Crippen molar-refractivity contribution in [2.75, 3.05) is 26.4 Å². The van der Waals surface area contributed by atoms with Gasteiger partial charge in [0.05, 0.1) is 18.9 Å². The second-order valence-electron chi connectivity index (χ2n) is 5.96. The Morgan fingerprint density at radius 3 is 3.00 bits per heavy atom. The highest BCUT2D eigenvalue weighted by Gasteiger charge is 2.17. The van der Waals surface area contributed by atoms with Gasteiger partial charge in [0.25, 0.3) is 0 Å². The van der Waals surface area contributed by atoms with E-state index in [4.69, 9.17) is 9.47 Å². The molecular formula is C16H26N2O2. The summed E-state index contributed by atoms with van der Waals surface area (Å²) >= 11 is 0. The fourth-order valence-electron chi connectivity index (χ4n) is 2.26. The van der Waals surface area contributed by atoms with Gasteiger partial charge in [-0.15, -0.1) is 0 Å². The lowest BCUT2D eigenvalue weighted by Gasteiger charge is -2.15. The zero-order valence-electron chi connectivity index (χ0n) is 12.8. The molecule has 0 radical (unpaired) electrons. The Morgan fingerprint density at radius 2 is 2.30 bits per heavy atom. The molecule has 112 valence electrons. The number of rotatable bonds is 7. The smallest absolute Gasteiger partial charge is 0.142 e. The number of aromatic nitrogens is 1. The van der Waals surface area contributed by atoms with E-state index in [1.165, 1.54) is 0 Å². The average molecular weight is 278 g/mol. The minimum absolute atomic E-state index is 0.521. The number of nitrogens with one attached hydrogen (secondary N) is 1. The third kappa shape index (κ3) is 4.76. The van der Waals surface area contributed by atoms with Crippen molar-refractivity contribution >= 4 is 0 Å². The van der Waals surface area contributed by atoms with Gasteiger partial charge in [-0.05, 0) is 37.9 Å². The van der Waals surface area contributed by atoms with Crippen molar-refractivity contribution in [3.05, 3.63) is 23.5 Å². The van der Waals surface area contributed by atoms with E-state index in [1.807, 2.05) is 19.1 Å². The van der Waals surface area contributed by atoms with E-state index in [9.17, 15) is 0 Å². The maximum absolute atomic E-state index is 5.95. The molecule has 1 atom stereocenters. The fourth-order valence-corrected chi connectivity index (χ4v) is 2.26. The number of hydrogen-bond donors (Lipinski definition) is 1. The van der Waals surface area contributed by atoms with E-state index >= 15 is 0 Å². The SMILES string of the molecule is Cc1ccc(OCC2CCOC2)c(CNCC(C)C)n1. The summed E-state index contributed by atoms with van der Waals surface area (Å²) in [7, 11) is 0. The summed E-state index contributed by atoms with van der Waals surface area (Å²) in [5.41, 5.74) is 2.03. The minimum Gasteiger partial charge on any atom is -0.491 e. The quantitative estimate of drug-likeness (QED) is 0.832. The van der Waals surface area contributed by atoms with Crippen molar-refractivity contribution < 1.29 is 9.47 Å². The van der Waals surface area contributed by atoms with Gasteiger partial charge in [-0.2, -0.15) is 0 Å². The summed E-state index contributed by atoms with van der Waals surface area (Å²) in [5.74, 6) is 2.06. The Hall–Kier alpha value is -1.13. The Morgan fingerprint density at radius 1 is 1.45 bits per heavy atom. The van der Waals surface area contributed by atoms with Gasteiger partial charge in [-0.1, -0.05) is 13.8 Å². The van der Waals surface area contributed by atoms with Crippen molar-refractivity contribution in [2.24, 2.45) is 11.8 Å². The molecule has 1 saturated heterocycles. The van der Waals surface area contributed by atoms with Crippen molar-refractivity contribution in [1.82, 2.24) is 10.3 Å². The zero-order valence-corrected chi connectivity index (χ0v) is 12.8. The molecule has 4 heteroatoms. The first kappa shape index (κ1) is 15.3. The number of nitrogens with zero attached hydrogens (tertiary/aromatic N) is 1. The minimum atomic E-state index is 0.521. The van der Waals surface area contributed by atoms with Crippen molar-refractivity contribution in [3.63, 3.8) is 0 Å².